The lowest BCUT2D eigenvalue weighted by molar-refractivity contribution is -0.186. The smallest absolute Gasteiger partial charge is 0.410 e. The SMILES string of the molecule is CCCCOC(=O)N(CCCn1ccnc1)CC(=Cc1ccc(C(=O)NOC2CCCCO2)cc1)COc1cccc2ccccc12. The molecule has 1 fully saturated rings. The number of unbranched alkanes of at least 4 members (excludes halogenated alkanes) is 1. The van der Waals surface area contributed by atoms with Crippen molar-refractivity contribution in [2.24, 2.45) is 0 Å². The van der Waals surface area contributed by atoms with Crippen LogP contribution in [0.3, 0.4) is 0 Å². The first-order valence-electron chi connectivity index (χ1n) is 16.4. The zero-order valence-corrected chi connectivity index (χ0v) is 27.0. The molecule has 2 heterocycles. The maximum absolute atomic E-state index is 13.3. The number of rotatable bonds is 16. The van der Waals surface area contributed by atoms with E-state index in [1.807, 2.05) is 59.3 Å². The minimum atomic E-state index is -0.421. The maximum Gasteiger partial charge on any atom is 0.410 e. The van der Waals surface area contributed by atoms with Crippen LogP contribution in [0.25, 0.3) is 16.8 Å². The molecule has 0 spiro atoms. The Kier molecular flexibility index (Phi) is 12.8. The van der Waals surface area contributed by atoms with Crippen LogP contribution in [0.4, 0.5) is 4.79 Å². The second kappa shape index (κ2) is 17.9. The number of aromatic nitrogens is 2. The third kappa shape index (κ3) is 10.4. The van der Waals surface area contributed by atoms with Gasteiger partial charge in [-0.2, -0.15) is 0 Å². The molecule has 1 N–H and O–H groups in total. The Hall–Kier alpha value is -4.67. The fourth-order valence-electron chi connectivity index (χ4n) is 5.31. The molecule has 1 aromatic heterocycles. The largest absolute Gasteiger partial charge is 0.489 e. The van der Waals surface area contributed by atoms with Crippen molar-refractivity contribution < 1.29 is 28.6 Å². The highest BCUT2D eigenvalue weighted by Crippen LogP contribution is 2.26. The number of nitrogens with one attached hydrogen (secondary N) is 1. The first-order chi connectivity index (χ1) is 23.1. The average Bonchev–Trinajstić information content (AvgIpc) is 3.63. The van der Waals surface area contributed by atoms with E-state index in [1.165, 1.54) is 0 Å². The molecule has 10 heteroatoms. The number of hydroxylamine groups is 1. The second-order valence-electron chi connectivity index (χ2n) is 11.6. The van der Waals surface area contributed by atoms with Crippen molar-refractivity contribution in [1.29, 1.82) is 0 Å². The number of benzene rings is 3. The lowest BCUT2D eigenvalue weighted by Gasteiger charge is -2.24. The van der Waals surface area contributed by atoms with Crippen LogP contribution in [0.1, 0.15) is 61.4 Å². The van der Waals surface area contributed by atoms with Gasteiger partial charge in [-0.05, 0) is 60.4 Å². The molecule has 1 atom stereocenters. The number of hydrogen-bond acceptors (Lipinski definition) is 7. The number of amides is 2. The van der Waals surface area contributed by atoms with E-state index >= 15 is 0 Å². The van der Waals surface area contributed by atoms with Crippen molar-refractivity contribution in [1.82, 2.24) is 19.9 Å². The maximum atomic E-state index is 13.3. The summed E-state index contributed by atoms with van der Waals surface area (Å²) < 4.78 is 19.6. The summed E-state index contributed by atoms with van der Waals surface area (Å²) in [7, 11) is 0. The van der Waals surface area contributed by atoms with Gasteiger partial charge >= 0.3 is 6.09 Å². The second-order valence-corrected chi connectivity index (χ2v) is 11.6. The molecular formula is C37H44N4O6. The quantitative estimate of drug-likeness (QED) is 0.104. The average molecular weight is 641 g/mol. The van der Waals surface area contributed by atoms with Crippen LogP contribution >= 0.6 is 0 Å². The Morgan fingerprint density at radius 1 is 1.06 bits per heavy atom. The van der Waals surface area contributed by atoms with E-state index in [0.29, 0.717) is 31.9 Å². The lowest BCUT2D eigenvalue weighted by Crippen LogP contribution is -2.35. The number of nitrogens with zero attached hydrogens (tertiary/aromatic N) is 3. The Morgan fingerprint density at radius 2 is 1.91 bits per heavy atom. The van der Waals surface area contributed by atoms with Crippen LogP contribution in [0.2, 0.25) is 0 Å². The summed E-state index contributed by atoms with van der Waals surface area (Å²) in [4.78, 5) is 37.3. The topological polar surface area (TPSA) is 104 Å². The highest BCUT2D eigenvalue weighted by Gasteiger charge is 2.19. The summed E-state index contributed by atoms with van der Waals surface area (Å²) in [5.41, 5.74) is 4.72. The summed E-state index contributed by atoms with van der Waals surface area (Å²) >= 11 is 0. The first-order valence-corrected chi connectivity index (χ1v) is 16.4. The van der Waals surface area contributed by atoms with Crippen molar-refractivity contribution in [3.8, 4) is 5.75 Å². The van der Waals surface area contributed by atoms with Crippen LogP contribution < -0.4 is 10.2 Å². The minimum Gasteiger partial charge on any atom is -0.489 e. The van der Waals surface area contributed by atoms with Crippen molar-refractivity contribution in [2.75, 3.05) is 32.9 Å². The molecule has 5 rings (SSSR count). The number of carbonyl (C=O) groups is 2. The summed E-state index contributed by atoms with van der Waals surface area (Å²) in [5.74, 6) is 0.424. The summed E-state index contributed by atoms with van der Waals surface area (Å²) in [6.45, 7) is 4.87. The Balaban J connectivity index is 1.32. The molecule has 0 saturated carbocycles. The first kappa shape index (κ1) is 33.7. The molecule has 0 radical (unpaired) electrons. The van der Waals surface area contributed by atoms with Crippen molar-refractivity contribution in [3.63, 3.8) is 0 Å². The van der Waals surface area contributed by atoms with Gasteiger partial charge in [0.25, 0.3) is 5.91 Å². The summed E-state index contributed by atoms with van der Waals surface area (Å²) in [6, 6.07) is 21.3. The number of carbonyl (C=O) groups excluding carboxylic acids is 2. The van der Waals surface area contributed by atoms with Crippen LogP contribution in [0, 0.1) is 0 Å². The third-order valence-corrected chi connectivity index (χ3v) is 7.91. The van der Waals surface area contributed by atoms with E-state index in [1.54, 1.807) is 29.6 Å². The van der Waals surface area contributed by atoms with Crippen molar-refractivity contribution in [2.45, 2.75) is 58.3 Å². The van der Waals surface area contributed by atoms with E-state index in [4.69, 9.17) is 19.0 Å². The number of aryl methyl sites for hydroxylation is 1. The van der Waals surface area contributed by atoms with Crippen LogP contribution in [0.5, 0.6) is 5.75 Å². The molecule has 1 unspecified atom stereocenters. The van der Waals surface area contributed by atoms with E-state index in [2.05, 4.69) is 29.5 Å². The summed E-state index contributed by atoms with van der Waals surface area (Å²) in [6.07, 6.45) is 11.9. The molecule has 4 aromatic rings. The highest BCUT2D eigenvalue weighted by atomic mass is 16.8. The van der Waals surface area contributed by atoms with Gasteiger partial charge in [-0.25, -0.2) is 20.1 Å². The van der Waals surface area contributed by atoms with Gasteiger partial charge in [0.15, 0.2) is 6.29 Å². The molecule has 1 aliphatic heterocycles. The zero-order valence-electron chi connectivity index (χ0n) is 27.0. The monoisotopic (exact) mass is 640 g/mol. The Labute approximate surface area is 276 Å². The van der Waals surface area contributed by atoms with Crippen LogP contribution in [-0.4, -0.2) is 65.7 Å². The fourth-order valence-corrected chi connectivity index (χ4v) is 5.31. The Morgan fingerprint density at radius 3 is 2.70 bits per heavy atom. The van der Waals surface area contributed by atoms with Gasteiger partial charge in [0.1, 0.15) is 12.4 Å². The molecule has 2 amide bonds. The van der Waals surface area contributed by atoms with E-state index in [9.17, 15) is 9.59 Å². The van der Waals surface area contributed by atoms with Gasteiger partial charge < -0.3 is 23.7 Å². The number of fused-ring (bicyclic) bond motifs is 1. The Bertz CT molecular complexity index is 1580. The molecule has 0 aliphatic carbocycles. The predicted octanol–water partition coefficient (Wildman–Crippen LogP) is 7.02. The molecule has 47 heavy (non-hydrogen) atoms. The standard InChI is InChI=1S/C37H44N4O6/c1-2-3-23-45-37(43)41(21-9-20-40-22-19-38-28-40)26-30(27-46-34-13-8-11-31-10-4-5-12-33(31)34)25-29-15-17-32(18-16-29)36(42)39-47-35-14-6-7-24-44-35/h4-5,8,10-13,15-19,22,25,28,35H,2-3,6-7,9,14,20-21,23-24,26-27H2,1H3,(H,39,42). The molecular weight excluding hydrogens is 596 g/mol. The van der Waals surface area contributed by atoms with Gasteiger partial charge in [-0.1, -0.05) is 68.0 Å². The summed E-state index contributed by atoms with van der Waals surface area (Å²) in [5, 5.41) is 2.10. The fraction of sp³-hybridized carbons (Fsp3) is 0.378. The van der Waals surface area contributed by atoms with Crippen LogP contribution in [0.15, 0.2) is 91.0 Å². The van der Waals surface area contributed by atoms with Crippen LogP contribution in [-0.2, 0) is 20.9 Å². The lowest BCUT2D eigenvalue weighted by atomic mass is 10.1. The number of imidazole rings is 1. The number of hydrogen-bond donors (Lipinski definition) is 1. The molecule has 10 nitrogen and oxygen atoms in total. The van der Waals surface area contributed by atoms with E-state index < -0.39 is 6.29 Å². The van der Waals surface area contributed by atoms with Crippen molar-refractivity contribution >= 4 is 28.8 Å². The van der Waals surface area contributed by atoms with Gasteiger partial charge in [0, 0.05) is 56.0 Å². The number of ether oxygens (including phenoxy) is 3. The molecule has 3 aromatic carbocycles. The zero-order chi connectivity index (χ0) is 32.7. The van der Waals surface area contributed by atoms with E-state index in [-0.39, 0.29) is 18.6 Å². The minimum absolute atomic E-state index is 0.256. The van der Waals surface area contributed by atoms with Gasteiger partial charge in [-0.3, -0.25) is 4.79 Å². The van der Waals surface area contributed by atoms with Gasteiger partial charge in [0.05, 0.1) is 12.9 Å². The van der Waals surface area contributed by atoms with Crippen molar-refractivity contribution in [3.05, 3.63) is 102 Å². The normalized spacial score (nSPS) is 14.9. The van der Waals surface area contributed by atoms with Gasteiger partial charge in [-0.15, -0.1) is 0 Å². The molecule has 248 valence electrons. The van der Waals surface area contributed by atoms with E-state index in [0.717, 1.165) is 72.7 Å². The highest BCUT2D eigenvalue weighted by molar-refractivity contribution is 5.93. The third-order valence-electron chi connectivity index (χ3n) is 7.91. The predicted molar refractivity (Wildman–Crippen MR) is 181 cm³/mol. The molecule has 0 bridgehead atoms. The molecule has 1 aliphatic rings. The molecule has 1 saturated heterocycles. The van der Waals surface area contributed by atoms with Gasteiger partial charge in [0.2, 0.25) is 0 Å².